The summed E-state index contributed by atoms with van der Waals surface area (Å²) in [6.07, 6.45) is 0.895. The molecule has 0 bridgehead atoms. The molecule has 4 aromatic rings. The third-order valence-electron chi connectivity index (χ3n) is 6.35. The second-order valence-corrected chi connectivity index (χ2v) is 8.66. The minimum atomic E-state index is -0.187. The van der Waals surface area contributed by atoms with E-state index in [1.807, 2.05) is 83.8 Å². The minimum absolute atomic E-state index is 0.0416. The molecule has 1 aliphatic heterocycles. The molecule has 5 nitrogen and oxygen atoms in total. The zero-order valence-corrected chi connectivity index (χ0v) is 19.6. The fraction of sp³-hybridized carbons (Fsp3) is 0.133. The lowest BCUT2D eigenvalue weighted by atomic mass is 9.99. The number of nitrogens with one attached hydrogen (secondary N) is 1. The van der Waals surface area contributed by atoms with Gasteiger partial charge in [-0.05, 0) is 60.0 Å². The Kier molecular flexibility index (Phi) is 6.31. The highest BCUT2D eigenvalue weighted by molar-refractivity contribution is 6.10. The van der Waals surface area contributed by atoms with Crippen molar-refractivity contribution in [3.8, 4) is 11.1 Å². The smallest absolute Gasteiger partial charge is 0.258 e. The third kappa shape index (κ3) is 4.66. The van der Waals surface area contributed by atoms with Crippen molar-refractivity contribution in [2.75, 3.05) is 35.3 Å². The second kappa shape index (κ2) is 9.85. The van der Waals surface area contributed by atoms with Crippen LogP contribution in [0.1, 0.15) is 27.1 Å². The first-order valence-electron chi connectivity index (χ1n) is 11.8. The summed E-state index contributed by atoms with van der Waals surface area (Å²) in [6.45, 7) is 1.56. The Morgan fingerprint density at radius 3 is 2.14 bits per heavy atom. The van der Waals surface area contributed by atoms with Crippen molar-refractivity contribution in [2.24, 2.45) is 0 Å². The molecule has 174 valence electrons. The Bertz CT molecular complexity index is 1350. The van der Waals surface area contributed by atoms with Crippen LogP contribution in [0.5, 0.6) is 0 Å². The van der Waals surface area contributed by atoms with E-state index in [9.17, 15) is 9.59 Å². The highest BCUT2D eigenvalue weighted by atomic mass is 16.2. The monoisotopic (exact) mass is 461 g/mol. The van der Waals surface area contributed by atoms with Gasteiger partial charge < -0.3 is 15.1 Å². The lowest BCUT2D eigenvalue weighted by Crippen LogP contribution is -2.31. The molecule has 0 spiro atoms. The van der Waals surface area contributed by atoms with Gasteiger partial charge >= 0.3 is 0 Å². The van der Waals surface area contributed by atoms with E-state index in [1.165, 1.54) is 0 Å². The lowest BCUT2D eigenvalue weighted by Gasteiger charge is -2.24. The van der Waals surface area contributed by atoms with Gasteiger partial charge in [-0.15, -0.1) is 0 Å². The minimum Gasteiger partial charge on any atom is -0.373 e. The quantitative estimate of drug-likeness (QED) is 0.400. The molecule has 0 unspecified atom stereocenters. The van der Waals surface area contributed by atoms with E-state index in [4.69, 9.17) is 0 Å². The SMILES string of the molecule is CN1CCCN(C(=O)c2ccc(NC(=O)c3ccccc3-c3ccccc3)cc2)c2ccccc21. The Morgan fingerprint density at radius 1 is 0.714 bits per heavy atom. The second-order valence-electron chi connectivity index (χ2n) is 8.66. The highest BCUT2D eigenvalue weighted by Crippen LogP contribution is 2.32. The number of para-hydroxylation sites is 2. The van der Waals surface area contributed by atoms with E-state index < -0.39 is 0 Å². The molecular weight excluding hydrogens is 434 g/mol. The van der Waals surface area contributed by atoms with Crippen LogP contribution in [0, 0.1) is 0 Å². The molecule has 0 saturated heterocycles. The van der Waals surface area contributed by atoms with Gasteiger partial charge in [0.25, 0.3) is 11.8 Å². The lowest BCUT2D eigenvalue weighted by molar-refractivity contribution is 0.0986. The van der Waals surface area contributed by atoms with Gasteiger partial charge in [0, 0.05) is 37.0 Å². The Balaban J connectivity index is 1.35. The van der Waals surface area contributed by atoms with E-state index in [0.29, 0.717) is 23.4 Å². The van der Waals surface area contributed by atoms with Gasteiger partial charge in [0.1, 0.15) is 0 Å². The van der Waals surface area contributed by atoms with Crippen LogP contribution >= 0.6 is 0 Å². The normalized spacial score (nSPS) is 13.1. The van der Waals surface area contributed by atoms with Crippen molar-refractivity contribution >= 4 is 28.9 Å². The van der Waals surface area contributed by atoms with Crippen LogP contribution < -0.4 is 15.1 Å². The number of anilines is 3. The largest absolute Gasteiger partial charge is 0.373 e. The van der Waals surface area contributed by atoms with Crippen LogP contribution in [0.15, 0.2) is 103 Å². The molecule has 5 heteroatoms. The van der Waals surface area contributed by atoms with Crippen LogP contribution in [-0.2, 0) is 0 Å². The van der Waals surface area contributed by atoms with E-state index in [-0.39, 0.29) is 11.8 Å². The summed E-state index contributed by atoms with van der Waals surface area (Å²) < 4.78 is 0. The molecular formula is C30H27N3O2. The first-order chi connectivity index (χ1) is 17.1. The van der Waals surface area contributed by atoms with Crippen molar-refractivity contribution < 1.29 is 9.59 Å². The summed E-state index contributed by atoms with van der Waals surface area (Å²) in [5.74, 6) is -0.229. The van der Waals surface area contributed by atoms with Crippen molar-refractivity contribution in [1.29, 1.82) is 0 Å². The third-order valence-corrected chi connectivity index (χ3v) is 6.35. The number of hydrogen-bond acceptors (Lipinski definition) is 3. The molecule has 1 N–H and O–H groups in total. The molecule has 0 aliphatic carbocycles. The van der Waals surface area contributed by atoms with Gasteiger partial charge in [-0.25, -0.2) is 0 Å². The molecule has 1 heterocycles. The summed E-state index contributed by atoms with van der Waals surface area (Å²) >= 11 is 0. The van der Waals surface area contributed by atoms with Crippen LogP contribution in [-0.4, -0.2) is 32.0 Å². The molecule has 2 amide bonds. The van der Waals surface area contributed by atoms with Gasteiger partial charge in [-0.3, -0.25) is 9.59 Å². The van der Waals surface area contributed by atoms with E-state index in [1.54, 1.807) is 24.3 Å². The van der Waals surface area contributed by atoms with Gasteiger partial charge in [0.05, 0.1) is 11.4 Å². The first kappa shape index (κ1) is 22.4. The molecule has 35 heavy (non-hydrogen) atoms. The topological polar surface area (TPSA) is 52.6 Å². The van der Waals surface area contributed by atoms with E-state index in [2.05, 4.69) is 17.3 Å². The first-order valence-corrected chi connectivity index (χ1v) is 11.8. The van der Waals surface area contributed by atoms with Crippen LogP contribution in [0.4, 0.5) is 17.1 Å². The molecule has 1 aliphatic rings. The van der Waals surface area contributed by atoms with E-state index >= 15 is 0 Å². The van der Waals surface area contributed by atoms with Gasteiger partial charge in [0.2, 0.25) is 0 Å². The predicted octanol–water partition coefficient (Wildman–Crippen LogP) is 6.09. The number of benzene rings is 4. The summed E-state index contributed by atoms with van der Waals surface area (Å²) in [5.41, 5.74) is 5.68. The number of amides is 2. The molecule has 0 aromatic heterocycles. The average molecular weight is 462 g/mol. The Labute approximate surface area is 205 Å². The predicted molar refractivity (Wildman–Crippen MR) is 142 cm³/mol. The van der Waals surface area contributed by atoms with Crippen LogP contribution in [0.3, 0.4) is 0 Å². The number of nitrogens with zero attached hydrogens (tertiary/aromatic N) is 2. The molecule has 0 atom stereocenters. The van der Waals surface area contributed by atoms with Crippen LogP contribution in [0.25, 0.3) is 11.1 Å². The van der Waals surface area contributed by atoms with Crippen LogP contribution in [0.2, 0.25) is 0 Å². The zero-order valence-electron chi connectivity index (χ0n) is 19.6. The average Bonchev–Trinajstić information content (AvgIpc) is 3.08. The Morgan fingerprint density at radius 2 is 1.37 bits per heavy atom. The van der Waals surface area contributed by atoms with E-state index in [0.717, 1.165) is 35.5 Å². The van der Waals surface area contributed by atoms with Gasteiger partial charge in [-0.2, -0.15) is 0 Å². The maximum Gasteiger partial charge on any atom is 0.258 e. The summed E-state index contributed by atoms with van der Waals surface area (Å²) in [5, 5.41) is 2.97. The van der Waals surface area contributed by atoms with Crippen molar-refractivity contribution in [3.05, 3.63) is 114 Å². The summed E-state index contributed by atoms with van der Waals surface area (Å²) in [6, 6.07) is 32.5. The van der Waals surface area contributed by atoms with Crippen molar-refractivity contribution in [2.45, 2.75) is 6.42 Å². The zero-order chi connectivity index (χ0) is 24.2. The fourth-order valence-electron chi connectivity index (χ4n) is 4.53. The number of rotatable bonds is 4. The molecule has 5 rings (SSSR count). The fourth-order valence-corrected chi connectivity index (χ4v) is 4.53. The van der Waals surface area contributed by atoms with Crippen molar-refractivity contribution in [1.82, 2.24) is 0 Å². The Hall–Kier alpha value is -4.38. The number of carbonyl (C=O) groups excluding carboxylic acids is 2. The molecule has 0 radical (unpaired) electrons. The maximum atomic E-state index is 13.4. The summed E-state index contributed by atoms with van der Waals surface area (Å²) in [7, 11) is 2.06. The van der Waals surface area contributed by atoms with Crippen molar-refractivity contribution in [3.63, 3.8) is 0 Å². The molecule has 0 fully saturated rings. The maximum absolute atomic E-state index is 13.4. The standard InChI is InChI=1S/C30H27N3O2/c1-32-20-9-21-33(28-15-8-7-14-27(28)32)30(35)23-16-18-24(19-17-23)31-29(34)26-13-6-5-12-25(26)22-10-3-2-4-11-22/h2-8,10-19H,9,20-21H2,1H3,(H,31,34). The highest BCUT2D eigenvalue weighted by Gasteiger charge is 2.24. The molecule has 0 saturated carbocycles. The number of carbonyl (C=O) groups is 2. The van der Waals surface area contributed by atoms with Gasteiger partial charge in [-0.1, -0.05) is 60.7 Å². The number of hydrogen-bond donors (Lipinski definition) is 1. The summed E-state index contributed by atoms with van der Waals surface area (Å²) in [4.78, 5) is 30.5. The number of fused-ring (bicyclic) bond motifs is 1. The molecule has 4 aromatic carbocycles. The van der Waals surface area contributed by atoms with Gasteiger partial charge in [0.15, 0.2) is 0 Å².